The van der Waals surface area contributed by atoms with Crippen molar-refractivity contribution in [3.63, 3.8) is 0 Å². The zero-order valence-electron chi connectivity index (χ0n) is 14.2. The highest BCUT2D eigenvalue weighted by atomic mass is 16.5. The summed E-state index contributed by atoms with van der Waals surface area (Å²) in [6.07, 6.45) is 0. The number of rotatable bonds is 4. The Morgan fingerprint density at radius 1 is 0.920 bits per heavy atom. The summed E-state index contributed by atoms with van der Waals surface area (Å²) in [5, 5.41) is 0.746. The minimum absolute atomic E-state index is 0.170. The molecule has 0 spiro atoms. The maximum absolute atomic E-state index is 11.5. The van der Waals surface area contributed by atoms with Crippen LogP contribution in [-0.4, -0.2) is 13.2 Å². The zero-order chi connectivity index (χ0) is 17.6. The van der Waals surface area contributed by atoms with Crippen LogP contribution in [0.3, 0.4) is 0 Å². The molecule has 3 rings (SSSR count). The van der Waals surface area contributed by atoms with Crippen LogP contribution in [0.25, 0.3) is 11.0 Å². The molecule has 0 fully saturated rings. The molecule has 0 saturated heterocycles. The van der Waals surface area contributed by atoms with Crippen molar-refractivity contribution in [2.45, 2.75) is 13.8 Å². The molecule has 25 heavy (non-hydrogen) atoms. The SMILES string of the molecule is Cc1cc(C)cc(OCC#CCOc2cc(=O)oc3ccccc23)c1. The normalized spacial score (nSPS) is 10.2. The van der Waals surface area contributed by atoms with E-state index in [1.54, 1.807) is 12.1 Å². The zero-order valence-corrected chi connectivity index (χ0v) is 14.2. The maximum atomic E-state index is 11.5. The topological polar surface area (TPSA) is 48.7 Å². The lowest BCUT2D eigenvalue weighted by Crippen LogP contribution is -2.02. The average Bonchev–Trinajstić information content (AvgIpc) is 2.56. The first kappa shape index (κ1) is 16.7. The van der Waals surface area contributed by atoms with Crippen molar-refractivity contribution in [3.05, 3.63) is 70.1 Å². The van der Waals surface area contributed by atoms with Crippen LogP contribution in [0.2, 0.25) is 0 Å². The lowest BCUT2D eigenvalue weighted by atomic mass is 10.1. The summed E-state index contributed by atoms with van der Waals surface area (Å²) in [6, 6.07) is 14.6. The van der Waals surface area contributed by atoms with Gasteiger partial charge in [0.1, 0.15) is 30.3 Å². The number of fused-ring (bicyclic) bond motifs is 1. The molecule has 4 heteroatoms. The van der Waals surface area contributed by atoms with E-state index >= 15 is 0 Å². The highest BCUT2D eigenvalue weighted by Gasteiger charge is 2.05. The Bertz CT molecular complexity index is 985. The molecule has 1 aromatic heterocycles. The van der Waals surface area contributed by atoms with Crippen molar-refractivity contribution in [1.82, 2.24) is 0 Å². The van der Waals surface area contributed by atoms with Gasteiger partial charge < -0.3 is 13.9 Å². The third-order valence-electron chi connectivity index (χ3n) is 3.54. The van der Waals surface area contributed by atoms with Gasteiger partial charge in [-0.2, -0.15) is 0 Å². The molecule has 4 nitrogen and oxygen atoms in total. The van der Waals surface area contributed by atoms with Crippen molar-refractivity contribution >= 4 is 11.0 Å². The predicted molar refractivity (Wildman–Crippen MR) is 97.2 cm³/mol. The van der Waals surface area contributed by atoms with E-state index in [-0.39, 0.29) is 13.2 Å². The fourth-order valence-electron chi connectivity index (χ4n) is 2.55. The Labute approximate surface area is 146 Å². The molecule has 0 atom stereocenters. The fourth-order valence-corrected chi connectivity index (χ4v) is 2.55. The summed E-state index contributed by atoms with van der Waals surface area (Å²) < 4.78 is 16.3. The summed E-state index contributed by atoms with van der Waals surface area (Å²) in [5.74, 6) is 7.07. The second-order valence-corrected chi connectivity index (χ2v) is 5.68. The summed E-state index contributed by atoms with van der Waals surface area (Å²) in [4.78, 5) is 11.5. The Balaban J connectivity index is 1.59. The molecule has 1 heterocycles. The van der Waals surface area contributed by atoms with Crippen molar-refractivity contribution in [1.29, 1.82) is 0 Å². The molecule has 0 N–H and O–H groups in total. The van der Waals surface area contributed by atoms with Crippen LogP contribution in [0.1, 0.15) is 11.1 Å². The van der Waals surface area contributed by atoms with Crippen LogP contribution < -0.4 is 15.1 Å². The van der Waals surface area contributed by atoms with Gasteiger partial charge in [-0.05, 0) is 49.2 Å². The van der Waals surface area contributed by atoms with Gasteiger partial charge in [0, 0.05) is 0 Å². The van der Waals surface area contributed by atoms with E-state index in [9.17, 15) is 4.79 Å². The smallest absolute Gasteiger partial charge is 0.339 e. The molecule has 0 aliphatic rings. The Morgan fingerprint density at radius 3 is 2.36 bits per heavy atom. The van der Waals surface area contributed by atoms with Crippen LogP contribution in [-0.2, 0) is 0 Å². The lowest BCUT2D eigenvalue weighted by Gasteiger charge is -2.05. The van der Waals surface area contributed by atoms with Crippen LogP contribution in [0.15, 0.2) is 57.7 Å². The Kier molecular flexibility index (Phi) is 5.06. The largest absolute Gasteiger partial charge is 0.481 e. The van der Waals surface area contributed by atoms with E-state index in [4.69, 9.17) is 13.9 Å². The van der Waals surface area contributed by atoms with Gasteiger partial charge in [0.15, 0.2) is 0 Å². The summed E-state index contributed by atoms with van der Waals surface area (Å²) in [7, 11) is 0. The molecular weight excluding hydrogens is 316 g/mol. The first-order valence-corrected chi connectivity index (χ1v) is 7.94. The number of ether oxygens (including phenoxy) is 2. The fraction of sp³-hybridized carbons (Fsp3) is 0.190. The Hall–Kier alpha value is -3.19. The number of para-hydroxylation sites is 1. The summed E-state index contributed by atoms with van der Waals surface area (Å²) >= 11 is 0. The summed E-state index contributed by atoms with van der Waals surface area (Å²) in [5.41, 5.74) is 2.36. The van der Waals surface area contributed by atoms with E-state index in [0.717, 1.165) is 22.3 Å². The van der Waals surface area contributed by atoms with Crippen molar-refractivity contribution in [2.75, 3.05) is 13.2 Å². The molecular formula is C21H18O4. The minimum atomic E-state index is -0.445. The number of aryl methyl sites for hydroxylation is 2. The number of hydrogen-bond donors (Lipinski definition) is 0. The van der Waals surface area contributed by atoms with Gasteiger partial charge in [-0.3, -0.25) is 0 Å². The summed E-state index contributed by atoms with van der Waals surface area (Å²) in [6.45, 7) is 4.51. The predicted octanol–water partition coefficient (Wildman–Crippen LogP) is 3.87. The van der Waals surface area contributed by atoms with Gasteiger partial charge in [-0.15, -0.1) is 0 Å². The van der Waals surface area contributed by atoms with E-state index in [0.29, 0.717) is 11.3 Å². The number of hydrogen-bond acceptors (Lipinski definition) is 4. The Morgan fingerprint density at radius 2 is 1.60 bits per heavy atom. The minimum Gasteiger partial charge on any atom is -0.481 e. The lowest BCUT2D eigenvalue weighted by molar-refractivity contribution is 0.362. The van der Waals surface area contributed by atoms with E-state index in [1.807, 2.05) is 38.1 Å². The van der Waals surface area contributed by atoms with Crippen LogP contribution >= 0.6 is 0 Å². The standard InChI is InChI=1S/C21H18O4/c1-15-11-16(2)13-17(12-15)23-9-5-6-10-24-20-14-21(22)25-19-8-4-3-7-18(19)20/h3-4,7-8,11-14H,9-10H2,1-2H3. The maximum Gasteiger partial charge on any atom is 0.339 e. The molecule has 0 amide bonds. The third kappa shape index (κ3) is 4.42. The van der Waals surface area contributed by atoms with E-state index in [2.05, 4.69) is 17.9 Å². The monoisotopic (exact) mass is 334 g/mol. The van der Waals surface area contributed by atoms with Gasteiger partial charge in [-0.1, -0.05) is 30.0 Å². The van der Waals surface area contributed by atoms with Crippen LogP contribution in [0, 0.1) is 25.7 Å². The molecule has 126 valence electrons. The molecule has 3 aromatic rings. The highest BCUT2D eigenvalue weighted by molar-refractivity contribution is 5.82. The third-order valence-corrected chi connectivity index (χ3v) is 3.54. The molecule has 0 radical (unpaired) electrons. The molecule has 0 aliphatic heterocycles. The van der Waals surface area contributed by atoms with E-state index < -0.39 is 5.63 Å². The van der Waals surface area contributed by atoms with Crippen molar-refractivity contribution < 1.29 is 13.9 Å². The van der Waals surface area contributed by atoms with Gasteiger partial charge in [0.2, 0.25) is 0 Å². The first-order valence-electron chi connectivity index (χ1n) is 7.94. The molecule has 0 aliphatic carbocycles. The number of benzene rings is 2. The average molecular weight is 334 g/mol. The molecule has 0 unspecified atom stereocenters. The molecule has 0 saturated carbocycles. The second-order valence-electron chi connectivity index (χ2n) is 5.68. The van der Waals surface area contributed by atoms with Crippen LogP contribution in [0.5, 0.6) is 11.5 Å². The second kappa shape index (κ2) is 7.59. The van der Waals surface area contributed by atoms with Gasteiger partial charge in [-0.25, -0.2) is 4.79 Å². The van der Waals surface area contributed by atoms with E-state index in [1.165, 1.54) is 6.07 Å². The van der Waals surface area contributed by atoms with Crippen molar-refractivity contribution in [3.8, 4) is 23.3 Å². The van der Waals surface area contributed by atoms with Gasteiger partial charge in [0.25, 0.3) is 0 Å². The van der Waals surface area contributed by atoms with Crippen molar-refractivity contribution in [2.24, 2.45) is 0 Å². The van der Waals surface area contributed by atoms with Gasteiger partial charge in [0.05, 0.1) is 11.5 Å². The molecule has 2 aromatic carbocycles. The molecule has 0 bridgehead atoms. The van der Waals surface area contributed by atoms with Crippen LogP contribution in [0.4, 0.5) is 0 Å². The highest BCUT2D eigenvalue weighted by Crippen LogP contribution is 2.22. The first-order chi connectivity index (χ1) is 12.1. The van der Waals surface area contributed by atoms with Gasteiger partial charge >= 0.3 is 5.63 Å². The quantitative estimate of drug-likeness (QED) is 0.537.